The van der Waals surface area contributed by atoms with Crippen LogP contribution in [0.4, 0.5) is 8.78 Å². The molecule has 0 amide bonds. The van der Waals surface area contributed by atoms with Crippen LogP contribution < -0.4 is 9.47 Å². The summed E-state index contributed by atoms with van der Waals surface area (Å²) in [6, 6.07) is 9.40. The Balaban J connectivity index is 1.53. The summed E-state index contributed by atoms with van der Waals surface area (Å²) in [5.41, 5.74) is 0.549. The number of halogens is 2. The highest BCUT2D eigenvalue weighted by Crippen LogP contribution is 2.32. The molecule has 0 heterocycles. The molecular formula is C28H36F2O3. The quantitative estimate of drug-likeness (QED) is 0.270. The summed E-state index contributed by atoms with van der Waals surface area (Å²) in [7, 11) is 0. The van der Waals surface area contributed by atoms with Crippen LogP contribution in [-0.4, -0.2) is 12.6 Å². The Bertz CT molecular complexity index is 902. The molecule has 0 spiro atoms. The molecule has 0 radical (unpaired) electrons. The third-order valence-corrected chi connectivity index (χ3v) is 6.83. The van der Waals surface area contributed by atoms with Crippen LogP contribution in [0.15, 0.2) is 36.4 Å². The lowest BCUT2D eigenvalue weighted by Gasteiger charge is -2.28. The second kappa shape index (κ2) is 12.2. The summed E-state index contributed by atoms with van der Waals surface area (Å²) < 4.78 is 39.9. The van der Waals surface area contributed by atoms with Gasteiger partial charge in [-0.3, -0.25) is 0 Å². The zero-order chi connectivity index (χ0) is 23.8. The fourth-order valence-electron chi connectivity index (χ4n) is 4.48. The van der Waals surface area contributed by atoms with Gasteiger partial charge >= 0.3 is 5.97 Å². The second-order valence-electron chi connectivity index (χ2n) is 9.47. The van der Waals surface area contributed by atoms with Gasteiger partial charge in [0, 0.05) is 0 Å². The van der Waals surface area contributed by atoms with E-state index in [4.69, 9.17) is 9.47 Å². The van der Waals surface area contributed by atoms with E-state index in [1.165, 1.54) is 50.7 Å². The SMILES string of the molecule is CCCC1CCC(COc2ccc(C(=O)Oc3ccc(C[C@@H](C)CC)c(F)c3F)cc2)CC1. The minimum atomic E-state index is -1.13. The van der Waals surface area contributed by atoms with Gasteiger partial charge in [-0.15, -0.1) is 0 Å². The number of ether oxygens (including phenoxy) is 2. The van der Waals surface area contributed by atoms with E-state index in [2.05, 4.69) is 6.92 Å². The van der Waals surface area contributed by atoms with Crippen LogP contribution in [-0.2, 0) is 6.42 Å². The van der Waals surface area contributed by atoms with Crippen LogP contribution in [0.1, 0.15) is 81.6 Å². The number of hydrogen-bond acceptors (Lipinski definition) is 3. The molecule has 1 saturated carbocycles. The zero-order valence-corrected chi connectivity index (χ0v) is 20.0. The fourth-order valence-corrected chi connectivity index (χ4v) is 4.48. The minimum absolute atomic E-state index is 0.240. The van der Waals surface area contributed by atoms with Crippen molar-refractivity contribution in [3.8, 4) is 11.5 Å². The average molecular weight is 459 g/mol. The van der Waals surface area contributed by atoms with E-state index in [1.54, 1.807) is 24.3 Å². The van der Waals surface area contributed by atoms with Gasteiger partial charge in [-0.25, -0.2) is 9.18 Å². The van der Waals surface area contributed by atoms with Crippen molar-refractivity contribution >= 4 is 5.97 Å². The van der Waals surface area contributed by atoms with E-state index in [0.717, 1.165) is 12.3 Å². The van der Waals surface area contributed by atoms with E-state index in [0.29, 0.717) is 30.3 Å². The van der Waals surface area contributed by atoms with E-state index < -0.39 is 23.4 Å². The lowest BCUT2D eigenvalue weighted by atomic mass is 9.80. The number of carbonyl (C=O) groups excluding carboxylic acids is 1. The normalized spacial score (nSPS) is 19.2. The Kier molecular flexibility index (Phi) is 9.28. The molecule has 0 unspecified atom stereocenters. The lowest BCUT2D eigenvalue weighted by Crippen LogP contribution is -2.20. The maximum absolute atomic E-state index is 14.4. The first-order chi connectivity index (χ1) is 15.9. The van der Waals surface area contributed by atoms with Crippen molar-refractivity contribution in [1.82, 2.24) is 0 Å². The van der Waals surface area contributed by atoms with Gasteiger partial charge < -0.3 is 9.47 Å². The number of esters is 1. The smallest absolute Gasteiger partial charge is 0.343 e. The van der Waals surface area contributed by atoms with E-state index in [9.17, 15) is 13.6 Å². The maximum Gasteiger partial charge on any atom is 0.343 e. The molecule has 1 atom stereocenters. The number of benzene rings is 2. The lowest BCUT2D eigenvalue weighted by molar-refractivity contribution is 0.0726. The van der Waals surface area contributed by atoms with Gasteiger partial charge in [0.05, 0.1) is 12.2 Å². The van der Waals surface area contributed by atoms with Crippen LogP contribution in [0, 0.1) is 29.4 Å². The van der Waals surface area contributed by atoms with Crippen molar-refractivity contribution < 1.29 is 23.0 Å². The monoisotopic (exact) mass is 458 g/mol. The summed E-state index contributed by atoms with van der Waals surface area (Å²) >= 11 is 0. The van der Waals surface area contributed by atoms with E-state index >= 15 is 0 Å². The van der Waals surface area contributed by atoms with Crippen molar-refractivity contribution in [1.29, 1.82) is 0 Å². The summed E-state index contributed by atoms with van der Waals surface area (Å²) in [6.45, 7) is 6.91. The molecular weight excluding hydrogens is 422 g/mol. The van der Waals surface area contributed by atoms with Crippen LogP contribution in [0.3, 0.4) is 0 Å². The Labute approximate surface area is 196 Å². The average Bonchev–Trinajstić information content (AvgIpc) is 2.83. The number of hydrogen-bond donors (Lipinski definition) is 0. The molecule has 0 aromatic heterocycles. The summed E-state index contributed by atoms with van der Waals surface area (Å²) in [6.07, 6.45) is 8.86. The van der Waals surface area contributed by atoms with Gasteiger partial charge in [-0.2, -0.15) is 4.39 Å². The number of rotatable bonds is 10. The van der Waals surface area contributed by atoms with E-state index in [-0.39, 0.29) is 11.5 Å². The highest BCUT2D eigenvalue weighted by Gasteiger charge is 2.21. The highest BCUT2D eigenvalue weighted by atomic mass is 19.2. The molecule has 3 rings (SSSR count). The van der Waals surface area contributed by atoms with Gasteiger partial charge in [0.25, 0.3) is 0 Å². The van der Waals surface area contributed by atoms with Gasteiger partial charge in [0.1, 0.15) is 5.75 Å². The third-order valence-electron chi connectivity index (χ3n) is 6.83. The second-order valence-corrected chi connectivity index (χ2v) is 9.47. The van der Waals surface area contributed by atoms with Crippen molar-refractivity contribution in [3.05, 3.63) is 59.2 Å². The Hall–Kier alpha value is -2.43. The first-order valence-electron chi connectivity index (χ1n) is 12.3. The molecule has 33 heavy (non-hydrogen) atoms. The molecule has 5 heteroatoms. The van der Waals surface area contributed by atoms with Crippen LogP contribution >= 0.6 is 0 Å². The van der Waals surface area contributed by atoms with Gasteiger partial charge in [-0.05, 0) is 72.9 Å². The third kappa shape index (κ3) is 7.02. The fraction of sp³-hybridized carbons (Fsp3) is 0.536. The van der Waals surface area contributed by atoms with Crippen molar-refractivity contribution in [3.63, 3.8) is 0 Å². The van der Waals surface area contributed by atoms with Gasteiger partial charge in [-0.1, -0.05) is 58.9 Å². The summed E-state index contributed by atoms with van der Waals surface area (Å²) in [5, 5.41) is 0. The number of carbonyl (C=O) groups is 1. The summed E-state index contributed by atoms with van der Waals surface area (Å²) in [5.74, 6) is -0.841. The maximum atomic E-state index is 14.4. The Morgan fingerprint density at radius 1 is 0.970 bits per heavy atom. The first kappa shape index (κ1) is 25.2. The molecule has 180 valence electrons. The topological polar surface area (TPSA) is 35.5 Å². The zero-order valence-electron chi connectivity index (χ0n) is 20.0. The Morgan fingerprint density at radius 3 is 2.27 bits per heavy atom. The van der Waals surface area contributed by atoms with Gasteiger partial charge in [0.15, 0.2) is 11.6 Å². The minimum Gasteiger partial charge on any atom is -0.493 e. The molecule has 1 aliphatic rings. The molecule has 2 aromatic carbocycles. The van der Waals surface area contributed by atoms with Crippen LogP contribution in [0.5, 0.6) is 11.5 Å². The molecule has 0 N–H and O–H groups in total. The molecule has 1 fully saturated rings. The predicted molar refractivity (Wildman–Crippen MR) is 127 cm³/mol. The molecule has 3 nitrogen and oxygen atoms in total. The van der Waals surface area contributed by atoms with E-state index in [1.807, 2.05) is 13.8 Å². The predicted octanol–water partition coefficient (Wildman–Crippen LogP) is 7.76. The molecule has 0 saturated heterocycles. The Morgan fingerprint density at radius 2 is 1.64 bits per heavy atom. The van der Waals surface area contributed by atoms with Crippen LogP contribution in [0.25, 0.3) is 0 Å². The molecule has 1 aliphatic carbocycles. The molecule has 2 aromatic rings. The van der Waals surface area contributed by atoms with Crippen molar-refractivity contribution in [2.45, 2.75) is 72.1 Å². The molecule has 0 bridgehead atoms. The largest absolute Gasteiger partial charge is 0.493 e. The summed E-state index contributed by atoms with van der Waals surface area (Å²) in [4.78, 5) is 12.4. The first-order valence-corrected chi connectivity index (χ1v) is 12.3. The highest BCUT2D eigenvalue weighted by molar-refractivity contribution is 5.91. The molecule has 0 aliphatic heterocycles. The van der Waals surface area contributed by atoms with Gasteiger partial charge in [0.2, 0.25) is 5.82 Å². The van der Waals surface area contributed by atoms with Crippen LogP contribution in [0.2, 0.25) is 0 Å². The standard InChI is InChI=1S/C28H36F2O3/c1-4-6-20-7-9-21(10-8-20)18-32-24-14-11-22(12-15-24)28(31)33-25-16-13-23(17-19(3)5-2)26(29)27(25)30/h11-16,19-21H,4-10,17-18H2,1-3H3/t19-,20?,21?/m0/s1. The van der Waals surface area contributed by atoms with Crippen molar-refractivity contribution in [2.24, 2.45) is 17.8 Å². The van der Waals surface area contributed by atoms with Crippen molar-refractivity contribution in [2.75, 3.05) is 6.61 Å².